The topological polar surface area (TPSA) is 89.3 Å². The molecule has 0 bridgehead atoms. The Balaban J connectivity index is 3.12. The molecule has 0 saturated carbocycles. The first-order valence-corrected chi connectivity index (χ1v) is 8.00. The molecule has 0 atom stereocenters. The van der Waals surface area contributed by atoms with Gasteiger partial charge in [0.05, 0.1) is 15.7 Å². The predicted octanol–water partition coefficient (Wildman–Crippen LogP) is 1.34. The monoisotopic (exact) mass is 298 g/mol. The lowest BCUT2D eigenvalue weighted by Gasteiger charge is -2.19. The minimum Gasteiger partial charge on any atom is -0.350 e. The smallest absolute Gasteiger partial charge is 0.252 e. The molecule has 0 saturated heterocycles. The molecular formula is C14H22N2O3S. The van der Waals surface area contributed by atoms with Gasteiger partial charge in [-0.2, -0.15) is 0 Å². The maximum atomic E-state index is 12.3. The molecule has 6 heteroatoms. The number of carbonyl (C=O) groups excluding carboxylic acids is 1. The number of sulfone groups is 1. The molecule has 0 aromatic heterocycles. The Hall–Kier alpha value is -1.40. The van der Waals surface area contributed by atoms with Crippen LogP contribution >= 0.6 is 0 Å². The molecule has 0 unspecified atom stereocenters. The van der Waals surface area contributed by atoms with E-state index in [9.17, 15) is 13.2 Å². The molecule has 1 amide bonds. The third kappa shape index (κ3) is 4.05. The van der Waals surface area contributed by atoms with Gasteiger partial charge in [-0.3, -0.25) is 4.79 Å². The molecule has 0 radical (unpaired) electrons. The van der Waals surface area contributed by atoms with E-state index in [0.717, 1.165) is 0 Å². The number of carbonyl (C=O) groups is 1. The van der Waals surface area contributed by atoms with Gasteiger partial charge in [0.15, 0.2) is 9.84 Å². The fraction of sp³-hybridized carbons (Fsp3) is 0.500. The molecule has 1 aromatic carbocycles. The van der Waals surface area contributed by atoms with E-state index in [1.54, 1.807) is 39.8 Å². The van der Waals surface area contributed by atoms with Gasteiger partial charge in [-0.1, -0.05) is 12.1 Å². The third-order valence-corrected chi connectivity index (χ3v) is 4.97. The minimum atomic E-state index is -3.50. The summed E-state index contributed by atoms with van der Waals surface area (Å²) in [6, 6.07) is 6.21. The summed E-state index contributed by atoms with van der Waals surface area (Å²) in [5.41, 5.74) is 5.40. The van der Waals surface area contributed by atoms with Crippen LogP contribution in [0.15, 0.2) is 29.2 Å². The number of hydrogen-bond acceptors (Lipinski definition) is 4. The van der Waals surface area contributed by atoms with Crippen molar-refractivity contribution < 1.29 is 13.2 Å². The standard InChI is InChI=1S/C14H22N2O3S/c1-10(2)20(18,19)12-8-6-5-7-11(12)13(17)16-9-14(3,4)15/h5-8,10H,9,15H2,1-4H3,(H,16,17). The van der Waals surface area contributed by atoms with Crippen LogP contribution in [0.25, 0.3) is 0 Å². The molecule has 1 rings (SSSR count). The summed E-state index contributed by atoms with van der Waals surface area (Å²) in [5, 5.41) is 2.08. The van der Waals surface area contributed by atoms with Crippen LogP contribution in [0.5, 0.6) is 0 Å². The van der Waals surface area contributed by atoms with Crippen molar-refractivity contribution >= 4 is 15.7 Å². The maximum absolute atomic E-state index is 12.3. The molecule has 112 valence electrons. The molecular weight excluding hydrogens is 276 g/mol. The van der Waals surface area contributed by atoms with Crippen LogP contribution in [-0.2, 0) is 9.84 Å². The van der Waals surface area contributed by atoms with Gasteiger partial charge in [0.25, 0.3) is 5.91 Å². The molecule has 20 heavy (non-hydrogen) atoms. The first-order valence-electron chi connectivity index (χ1n) is 6.46. The molecule has 0 aliphatic heterocycles. The van der Waals surface area contributed by atoms with Gasteiger partial charge >= 0.3 is 0 Å². The highest BCUT2D eigenvalue weighted by atomic mass is 32.2. The van der Waals surface area contributed by atoms with Crippen molar-refractivity contribution in [2.75, 3.05) is 6.54 Å². The van der Waals surface area contributed by atoms with Crippen LogP contribution in [0, 0.1) is 0 Å². The van der Waals surface area contributed by atoms with E-state index in [0.29, 0.717) is 0 Å². The number of rotatable bonds is 5. The lowest BCUT2D eigenvalue weighted by atomic mass is 10.1. The van der Waals surface area contributed by atoms with Gasteiger partial charge in [-0.15, -0.1) is 0 Å². The second-order valence-corrected chi connectivity index (χ2v) is 8.23. The zero-order valence-electron chi connectivity index (χ0n) is 12.3. The summed E-state index contributed by atoms with van der Waals surface area (Å²) >= 11 is 0. The second kappa shape index (κ2) is 5.93. The lowest BCUT2D eigenvalue weighted by Crippen LogP contribution is -2.45. The summed E-state index contributed by atoms with van der Waals surface area (Å²) in [5.74, 6) is -0.427. The van der Waals surface area contributed by atoms with Gasteiger partial charge in [0.2, 0.25) is 0 Å². The van der Waals surface area contributed by atoms with Gasteiger partial charge in [-0.25, -0.2) is 8.42 Å². The average Bonchev–Trinajstić information content (AvgIpc) is 2.34. The number of amides is 1. The van der Waals surface area contributed by atoms with Crippen molar-refractivity contribution in [1.29, 1.82) is 0 Å². The maximum Gasteiger partial charge on any atom is 0.252 e. The second-order valence-electron chi connectivity index (χ2n) is 5.76. The normalized spacial score (nSPS) is 12.5. The van der Waals surface area contributed by atoms with Gasteiger partial charge in [-0.05, 0) is 39.8 Å². The Bertz CT molecular complexity index is 587. The summed E-state index contributed by atoms with van der Waals surface area (Å²) < 4.78 is 24.5. The fourth-order valence-corrected chi connectivity index (χ4v) is 2.80. The van der Waals surface area contributed by atoms with Crippen LogP contribution in [0.2, 0.25) is 0 Å². The Morgan fingerprint density at radius 1 is 1.30 bits per heavy atom. The Morgan fingerprint density at radius 2 is 1.85 bits per heavy atom. The molecule has 0 aliphatic rings. The van der Waals surface area contributed by atoms with E-state index in [4.69, 9.17) is 5.73 Å². The largest absolute Gasteiger partial charge is 0.350 e. The summed E-state index contributed by atoms with van der Waals surface area (Å²) in [6.07, 6.45) is 0. The van der Waals surface area contributed by atoms with Crippen LogP contribution in [0.1, 0.15) is 38.1 Å². The first-order chi connectivity index (χ1) is 9.05. The molecule has 5 nitrogen and oxygen atoms in total. The number of nitrogens with two attached hydrogens (primary N) is 1. The third-order valence-electron chi connectivity index (χ3n) is 2.76. The Labute approximate surface area is 120 Å². The fourth-order valence-electron chi connectivity index (χ4n) is 1.56. The Morgan fingerprint density at radius 3 is 2.35 bits per heavy atom. The molecule has 0 aliphatic carbocycles. The lowest BCUT2D eigenvalue weighted by molar-refractivity contribution is 0.0942. The summed E-state index contributed by atoms with van der Waals surface area (Å²) in [4.78, 5) is 12.2. The minimum absolute atomic E-state index is 0.0577. The van der Waals surface area contributed by atoms with E-state index in [-0.39, 0.29) is 17.0 Å². The van der Waals surface area contributed by atoms with Crippen molar-refractivity contribution in [1.82, 2.24) is 5.32 Å². The van der Waals surface area contributed by atoms with Gasteiger partial charge < -0.3 is 11.1 Å². The predicted molar refractivity (Wildman–Crippen MR) is 79.4 cm³/mol. The van der Waals surface area contributed by atoms with Crippen molar-refractivity contribution in [3.05, 3.63) is 29.8 Å². The van der Waals surface area contributed by atoms with Crippen molar-refractivity contribution in [3.63, 3.8) is 0 Å². The highest BCUT2D eigenvalue weighted by molar-refractivity contribution is 7.92. The van der Waals surface area contributed by atoms with Gasteiger partial charge in [0, 0.05) is 12.1 Å². The van der Waals surface area contributed by atoms with Crippen LogP contribution in [0.3, 0.4) is 0 Å². The van der Waals surface area contributed by atoms with E-state index in [1.165, 1.54) is 12.1 Å². The molecule has 0 fully saturated rings. The van der Waals surface area contributed by atoms with Crippen molar-refractivity contribution in [2.24, 2.45) is 5.73 Å². The van der Waals surface area contributed by atoms with Gasteiger partial charge in [0.1, 0.15) is 0 Å². The van der Waals surface area contributed by atoms with Crippen LogP contribution in [0.4, 0.5) is 0 Å². The molecule has 1 aromatic rings. The molecule has 3 N–H and O–H groups in total. The highest BCUT2D eigenvalue weighted by Crippen LogP contribution is 2.20. The number of hydrogen-bond donors (Lipinski definition) is 2. The van der Waals surface area contributed by atoms with E-state index >= 15 is 0 Å². The molecule has 0 heterocycles. The Kier molecular flexibility index (Phi) is 4.94. The average molecular weight is 298 g/mol. The first kappa shape index (κ1) is 16.7. The zero-order chi connectivity index (χ0) is 15.6. The van der Waals surface area contributed by atoms with E-state index in [2.05, 4.69) is 5.32 Å². The zero-order valence-corrected chi connectivity index (χ0v) is 13.1. The summed E-state index contributed by atoms with van der Waals surface area (Å²) in [7, 11) is -3.50. The summed E-state index contributed by atoms with van der Waals surface area (Å²) in [6.45, 7) is 7.01. The highest BCUT2D eigenvalue weighted by Gasteiger charge is 2.25. The van der Waals surface area contributed by atoms with Crippen LogP contribution < -0.4 is 11.1 Å². The SMILES string of the molecule is CC(C)S(=O)(=O)c1ccccc1C(=O)NCC(C)(C)N. The number of benzene rings is 1. The van der Waals surface area contributed by atoms with Crippen LogP contribution in [-0.4, -0.2) is 31.7 Å². The van der Waals surface area contributed by atoms with E-state index in [1.807, 2.05) is 0 Å². The van der Waals surface area contributed by atoms with Crippen molar-refractivity contribution in [3.8, 4) is 0 Å². The molecule has 0 spiro atoms. The quantitative estimate of drug-likeness (QED) is 0.858. The van der Waals surface area contributed by atoms with Crippen molar-refractivity contribution in [2.45, 2.75) is 43.4 Å². The van der Waals surface area contributed by atoms with E-state index < -0.39 is 26.5 Å². The number of nitrogens with one attached hydrogen (secondary N) is 1.